The fraction of sp³-hybridized carbons (Fsp3) is 0.0588. The first kappa shape index (κ1) is 14.0. The highest BCUT2D eigenvalue weighted by Crippen LogP contribution is 2.21. The molecular weight excluding hydrogens is 281 g/mol. The molecule has 0 saturated heterocycles. The van der Waals surface area contributed by atoms with E-state index in [0.717, 1.165) is 17.0 Å². The Labute approximate surface area is 127 Å². The number of aryl methyl sites for hydroxylation is 1. The summed E-state index contributed by atoms with van der Waals surface area (Å²) in [6.07, 6.45) is 0. The zero-order chi connectivity index (χ0) is 15.5. The number of benzene rings is 2. The van der Waals surface area contributed by atoms with Crippen LogP contribution in [-0.2, 0) is 0 Å². The largest absolute Gasteiger partial charge is 0.322 e. The SMILES string of the molecule is Cc1cc(-c2cccc(NC(=O)c3ccc(F)cc3)c2)n[nH]1. The Hall–Kier alpha value is -2.95. The van der Waals surface area contributed by atoms with E-state index in [9.17, 15) is 9.18 Å². The van der Waals surface area contributed by atoms with Gasteiger partial charge in [-0.05, 0) is 49.4 Å². The van der Waals surface area contributed by atoms with Crippen LogP contribution < -0.4 is 5.32 Å². The fourth-order valence-electron chi connectivity index (χ4n) is 2.13. The van der Waals surface area contributed by atoms with Gasteiger partial charge >= 0.3 is 0 Å². The normalized spacial score (nSPS) is 10.5. The number of halogens is 1. The second kappa shape index (κ2) is 5.81. The molecule has 110 valence electrons. The summed E-state index contributed by atoms with van der Waals surface area (Å²) in [6, 6.07) is 14.8. The Morgan fingerprint density at radius 1 is 1.14 bits per heavy atom. The quantitative estimate of drug-likeness (QED) is 0.772. The molecule has 0 fully saturated rings. The molecule has 0 atom stereocenters. The minimum atomic E-state index is -0.368. The van der Waals surface area contributed by atoms with Crippen LogP contribution in [0.1, 0.15) is 16.1 Å². The van der Waals surface area contributed by atoms with E-state index in [0.29, 0.717) is 11.3 Å². The molecule has 0 aliphatic carbocycles. The number of carbonyl (C=O) groups is 1. The zero-order valence-electron chi connectivity index (χ0n) is 11.9. The molecule has 0 bridgehead atoms. The van der Waals surface area contributed by atoms with Gasteiger partial charge in [-0.3, -0.25) is 9.89 Å². The lowest BCUT2D eigenvalue weighted by atomic mass is 10.1. The van der Waals surface area contributed by atoms with E-state index in [4.69, 9.17) is 0 Å². The summed E-state index contributed by atoms with van der Waals surface area (Å²) in [4.78, 5) is 12.1. The van der Waals surface area contributed by atoms with Crippen molar-refractivity contribution in [2.75, 3.05) is 5.32 Å². The lowest BCUT2D eigenvalue weighted by molar-refractivity contribution is 0.102. The first-order chi connectivity index (χ1) is 10.6. The molecule has 1 amide bonds. The lowest BCUT2D eigenvalue weighted by Crippen LogP contribution is -2.11. The van der Waals surface area contributed by atoms with Crippen LogP contribution in [0.5, 0.6) is 0 Å². The minimum Gasteiger partial charge on any atom is -0.322 e. The van der Waals surface area contributed by atoms with Gasteiger partial charge in [0.2, 0.25) is 0 Å². The predicted octanol–water partition coefficient (Wildman–Crippen LogP) is 3.78. The van der Waals surface area contributed by atoms with Crippen molar-refractivity contribution in [2.45, 2.75) is 6.92 Å². The second-order valence-electron chi connectivity index (χ2n) is 4.98. The Kier molecular flexibility index (Phi) is 3.70. The molecule has 1 aromatic heterocycles. The smallest absolute Gasteiger partial charge is 0.255 e. The topological polar surface area (TPSA) is 57.8 Å². The minimum absolute atomic E-state index is 0.282. The van der Waals surface area contributed by atoms with E-state index in [1.54, 1.807) is 6.07 Å². The summed E-state index contributed by atoms with van der Waals surface area (Å²) in [5.74, 6) is -0.650. The van der Waals surface area contributed by atoms with Crippen molar-refractivity contribution in [1.29, 1.82) is 0 Å². The zero-order valence-corrected chi connectivity index (χ0v) is 11.9. The molecule has 3 aromatic rings. The molecule has 2 aromatic carbocycles. The van der Waals surface area contributed by atoms with Crippen LogP contribution in [0.3, 0.4) is 0 Å². The maximum atomic E-state index is 12.9. The molecule has 3 rings (SSSR count). The van der Waals surface area contributed by atoms with Crippen molar-refractivity contribution in [2.24, 2.45) is 0 Å². The molecule has 0 aliphatic rings. The van der Waals surface area contributed by atoms with Crippen molar-refractivity contribution in [3.63, 3.8) is 0 Å². The maximum absolute atomic E-state index is 12.9. The highest BCUT2D eigenvalue weighted by atomic mass is 19.1. The Bertz CT molecular complexity index is 809. The Morgan fingerprint density at radius 3 is 2.59 bits per heavy atom. The number of nitrogens with zero attached hydrogens (tertiary/aromatic N) is 1. The van der Waals surface area contributed by atoms with Gasteiger partial charge in [-0.2, -0.15) is 5.10 Å². The molecule has 0 saturated carbocycles. The van der Waals surface area contributed by atoms with Crippen molar-refractivity contribution in [3.05, 3.63) is 71.7 Å². The van der Waals surface area contributed by atoms with Gasteiger partial charge in [-0.1, -0.05) is 12.1 Å². The number of H-pyrrole nitrogens is 1. The summed E-state index contributed by atoms with van der Waals surface area (Å²) in [7, 11) is 0. The van der Waals surface area contributed by atoms with E-state index in [1.165, 1.54) is 24.3 Å². The Balaban J connectivity index is 1.81. The molecular formula is C17H14FN3O. The van der Waals surface area contributed by atoms with Gasteiger partial charge < -0.3 is 5.32 Å². The number of rotatable bonds is 3. The number of aromatic nitrogens is 2. The molecule has 5 heteroatoms. The van der Waals surface area contributed by atoms with Crippen LogP contribution in [0.2, 0.25) is 0 Å². The van der Waals surface area contributed by atoms with Gasteiger partial charge in [0.15, 0.2) is 0 Å². The van der Waals surface area contributed by atoms with E-state index < -0.39 is 0 Å². The van der Waals surface area contributed by atoms with E-state index in [-0.39, 0.29) is 11.7 Å². The van der Waals surface area contributed by atoms with Crippen LogP contribution >= 0.6 is 0 Å². The van der Waals surface area contributed by atoms with Crippen molar-refractivity contribution in [1.82, 2.24) is 10.2 Å². The van der Waals surface area contributed by atoms with E-state index in [2.05, 4.69) is 15.5 Å². The summed E-state index contributed by atoms with van der Waals surface area (Å²) in [5, 5.41) is 9.88. The van der Waals surface area contributed by atoms with Crippen molar-refractivity contribution >= 4 is 11.6 Å². The first-order valence-electron chi connectivity index (χ1n) is 6.81. The molecule has 0 radical (unpaired) electrons. The molecule has 22 heavy (non-hydrogen) atoms. The number of carbonyl (C=O) groups excluding carboxylic acids is 1. The van der Waals surface area contributed by atoms with Gasteiger partial charge in [0.05, 0.1) is 5.69 Å². The maximum Gasteiger partial charge on any atom is 0.255 e. The highest BCUT2D eigenvalue weighted by molar-refractivity contribution is 6.04. The summed E-state index contributed by atoms with van der Waals surface area (Å²) in [5.41, 5.74) is 3.75. The van der Waals surface area contributed by atoms with Gasteiger partial charge in [0, 0.05) is 22.5 Å². The van der Waals surface area contributed by atoms with Crippen LogP contribution in [-0.4, -0.2) is 16.1 Å². The number of aromatic amines is 1. The standard InChI is InChI=1S/C17H14FN3O/c1-11-9-16(21-20-11)13-3-2-4-15(10-13)19-17(22)12-5-7-14(18)8-6-12/h2-10H,1H3,(H,19,22)(H,20,21). The van der Waals surface area contributed by atoms with Crippen LogP contribution in [0.25, 0.3) is 11.3 Å². The van der Waals surface area contributed by atoms with Crippen LogP contribution in [0, 0.1) is 12.7 Å². The van der Waals surface area contributed by atoms with Crippen LogP contribution in [0.4, 0.5) is 10.1 Å². The third-order valence-electron chi connectivity index (χ3n) is 3.23. The fourth-order valence-corrected chi connectivity index (χ4v) is 2.13. The molecule has 0 aliphatic heterocycles. The molecule has 1 heterocycles. The molecule has 0 spiro atoms. The number of anilines is 1. The number of hydrogen-bond donors (Lipinski definition) is 2. The van der Waals surface area contributed by atoms with E-state index >= 15 is 0 Å². The van der Waals surface area contributed by atoms with Gasteiger partial charge in [-0.15, -0.1) is 0 Å². The monoisotopic (exact) mass is 295 g/mol. The Morgan fingerprint density at radius 2 is 1.91 bits per heavy atom. The molecule has 2 N–H and O–H groups in total. The summed E-state index contributed by atoms with van der Waals surface area (Å²) >= 11 is 0. The van der Waals surface area contributed by atoms with Gasteiger partial charge in [-0.25, -0.2) is 4.39 Å². The van der Waals surface area contributed by atoms with Gasteiger partial charge in [0.1, 0.15) is 5.82 Å². The number of nitrogens with one attached hydrogen (secondary N) is 2. The second-order valence-corrected chi connectivity index (χ2v) is 4.98. The van der Waals surface area contributed by atoms with Crippen LogP contribution in [0.15, 0.2) is 54.6 Å². The third-order valence-corrected chi connectivity index (χ3v) is 3.23. The van der Waals surface area contributed by atoms with Crippen molar-refractivity contribution in [3.8, 4) is 11.3 Å². The van der Waals surface area contributed by atoms with Crippen molar-refractivity contribution < 1.29 is 9.18 Å². The summed E-state index contributed by atoms with van der Waals surface area (Å²) in [6.45, 7) is 1.93. The molecule has 4 nitrogen and oxygen atoms in total. The predicted molar refractivity (Wildman–Crippen MR) is 83.1 cm³/mol. The third kappa shape index (κ3) is 3.03. The lowest BCUT2D eigenvalue weighted by Gasteiger charge is -2.06. The number of hydrogen-bond acceptors (Lipinski definition) is 2. The molecule has 0 unspecified atom stereocenters. The van der Waals surface area contributed by atoms with Gasteiger partial charge in [0.25, 0.3) is 5.91 Å². The summed E-state index contributed by atoms with van der Waals surface area (Å²) < 4.78 is 12.9. The average Bonchev–Trinajstić information content (AvgIpc) is 2.95. The highest BCUT2D eigenvalue weighted by Gasteiger charge is 2.08. The average molecular weight is 295 g/mol. The van der Waals surface area contributed by atoms with E-state index in [1.807, 2.05) is 31.2 Å². The first-order valence-corrected chi connectivity index (χ1v) is 6.81. The number of amides is 1.